The van der Waals surface area contributed by atoms with E-state index in [1.165, 1.54) is 6.08 Å². The standard InChI is InChI=1S/C12H12O3/c1-9-4-6-10(7-5-9)11(12(14)15)3-2-8-13/h2,4-7,11H,3H2,1H3,(H,14,15). The Bertz CT molecular complexity index is 386. The summed E-state index contributed by atoms with van der Waals surface area (Å²) in [6, 6.07) is 7.26. The average Bonchev–Trinajstić information content (AvgIpc) is 2.21. The third-order valence-corrected chi connectivity index (χ3v) is 2.21. The van der Waals surface area contributed by atoms with Crippen molar-refractivity contribution in [1.29, 1.82) is 0 Å². The molecule has 3 nitrogen and oxygen atoms in total. The second kappa shape index (κ2) is 5.13. The van der Waals surface area contributed by atoms with Crippen molar-refractivity contribution < 1.29 is 14.7 Å². The van der Waals surface area contributed by atoms with Crippen LogP contribution in [0.25, 0.3) is 0 Å². The van der Waals surface area contributed by atoms with E-state index in [-0.39, 0.29) is 6.42 Å². The van der Waals surface area contributed by atoms with Crippen LogP contribution in [0, 0.1) is 6.92 Å². The van der Waals surface area contributed by atoms with Gasteiger partial charge >= 0.3 is 5.97 Å². The first-order valence-corrected chi connectivity index (χ1v) is 4.64. The normalized spacial score (nSPS) is 11.5. The molecule has 0 fully saturated rings. The highest BCUT2D eigenvalue weighted by Crippen LogP contribution is 2.20. The lowest BCUT2D eigenvalue weighted by Gasteiger charge is -2.09. The summed E-state index contributed by atoms with van der Waals surface area (Å²) in [7, 11) is 0. The van der Waals surface area contributed by atoms with Crippen LogP contribution < -0.4 is 0 Å². The monoisotopic (exact) mass is 204 g/mol. The van der Waals surface area contributed by atoms with E-state index < -0.39 is 11.9 Å². The lowest BCUT2D eigenvalue weighted by Crippen LogP contribution is -2.10. The minimum Gasteiger partial charge on any atom is -0.481 e. The average molecular weight is 204 g/mol. The van der Waals surface area contributed by atoms with Crippen molar-refractivity contribution in [3.63, 3.8) is 0 Å². The van der Waals surface area contributed by atoms with Gasteiger partial charge in [0.15, 0.2) is 0 Å². The molecule has 0 heterocycles. The number of hydrogen-bond acceptors (Lipinski definition) is 2. The molecule has 0 aromatic heterocycles. The van der Waals surface area contributed by atoms with Crippen molar-refractivity contribution in [3.8, 4) is 0 Å². The number of carbonyl (C=O) groups is 1. The Balaban J connectivity index is 2.93. The lowest BCUT2D eigenvalue weighted by atomic mass is 9.95. The van der Waals surface area contributed by atoms with Crippen molar-refractivity contribution >= 4 is 11.9 Å². The number of carboxylic acids is 1. The quantitative estimate of drug-likeness (QED) is 0.762. The maximum atomic E-state index is 10.9. The van der Waals surface area contributed by atoms with Gasteiger partial charge in [-0.2, -0.15) is 0 Å². The van der Waals surface area contributed by atoms with Gasteiger partial charge in [-0.25, -0.2) is 4.79 Å². The van der Waals surface area contributed by atoms with Crippen LogP contribution in [0.15, 0.2) is 30.3 Å². The molecule has 1 aromatic carbocycles. The summed E-state index contributed by atoms with van der Waals surface area (Å²) in [6.07, 6.45) is 1.39. The zero-order valence-corrected chi connectivity index (χ0v) is 8.43. The molecular formula is C12H12O3. The Hall–Kier alpha value is -1.86. The molecule has 0 aliphatic rings. The number of carboxylic acid groups (broad SMARTS) is 1. The van der Waals surface area contributed by atoms with Crippen molar-refractivity contribution in [2.24, 2.45) is 0 Å². The van der Waals surface area contributed by atoms with Gasteiger partial charge in [-0.1, -0.05) is 29.8 Å². The molecule has 0 radical (unpaired) electrons. The summed E-state index contributed by atoms with van der Waals surface area (Å²) < 4.78 is 0. The van der Waals surface area contributed by atoms with Crippen LogP contribution >= 0.6 is 0 Å². The molecule has 1 N–H and O–H groups in total. The van der Waals surface area contributed by atoms with E-state index in [0.29, 0.717) is 5.56 Å². The van der Waals surface area contributed by atoms with Gasteiger partial charge in [0, 0.05) is 6.08 Å². The third kappa shape index (κ3) is 3.08. The van der Waals surface area contributed by atoms with E-state index in [1.54, 1.807) is 18.1 Å². The Morgan fingerprint density at radius 3 is 2.53 bits per heavy atom. The van der Waals surface area contributed by atoms with Gasteiger partial charge in [-0.3, -0.25) is 4.79 Å². The molecule has 0 aliphatic carbocycles. The molecule has 0 amide bonds. The molecule has 0 saturated carbocycles. The maximum Gasteiger partial charge on any atom is 0.311 e. The first-order valence-electron chi connectivity index (χ1n) is 4.64. The van der Waals surface area contributed by atoms with Gasteiger partial charge in [0.05, 0.1) is 5.92 Å². The Labute approximate surface area is 88.0 Å². The first kappa shape index (κ1) is 11.2. The molecule has 1 atom stereocenters. The summed E-state index contributed by atoms with van der Waals surface area (Å²) in [5, 5.41) is 8.97. The number of allylic oxidation sites excluding steroid dienone is 1. The van der Waals surface area contributed by atoms with E-state index in [4.69, 9.17) is 5.11 Å². The van der Waals surface area contributed by atoms with E-state index in [9.17, 15) is 9.59 Å². The first-order chi connectivity index (χ1) is 7.15. The smallest absolute Gasteiger partial charge is 0.311 e. The molecular weight excluding hydrogens is 192 g/mol. The minimum atomic E-state index is -0.926. The minimum absolute atomic E-state index is 0.182. The summed E-state index contributed by atoms with van der Waals surface area (Å²) in [4.78, 5) is 21.0. The highest BCUT2D eigenvalue weighted by molar-refractivity contribution is 5.76. The van der Waals surface area contributed by atoms with Crippen LogP contribution in [0.3, 0.4) is 0 Å². The fourth-order valence-corrected chi connectivity index (χ4v) is 1.34. The second-order valence-corrected chi connectivity index (χ2v) is 3.36. The zero-order valence-electron chi connectivity index (χ0n) is 8.43. The van der Waals surface area contributed by atoms with Crippen molar-refractivity contribution in [2.75, 3.05) is 0 Å². The fraction of sp³-hybridized carbons (Fsp3) is 0.250. The van der Waals surface area contributed by atoms with Crippen LogP contribution in [0.5, 0.6) is 0 Å². The van der Waals surface area contributed by atoms with Gasteiger partial charge in [-0.15, -0.1) is 0 Å². The second-order valence-electron chi connectivity index (χ2n) is 3.36. The summed E-state index contributed by atoms with van der Waals surface area (Å²) >= 11 is 0. The van der Waals surface area contributed by atoms with Gasteiger partial charge < -0.3 is 5.11 Å². The molecule has 3 heteroatoms. The largest absolute Gasteiger partial charge is 0.481 e. The Morgan fingerprint density at radius 2 is 2.07 bits per heavy atom. The molecule has 1 rings (SSSR count). The number of aryl methyl sites for hydroxylation is 1. The predicted molar refractivity (Wildman–Crippen MR) is 56.4 cm³/mol. The number of aliphatic carboxylic acids is 1. The molecule has 0 aliphatic heterocycles. The summed E-state index contributed by atoms with van der Waals surface area (Å²) in [6.45, 7) is 1.94. The predicted octanol–water partition coefficient (Wildman–Crippen LogP) is 1.94. The number of carbonyl (C=O) groups excluding carboxylic acids is 1. The van der Waals surface area contributed by atoms with Crippen molar-refractivity contribution in [3.05, 3.63) is 41.5 Å². The van der Waals surface area contributed by atoms with Crippen LogP contribution in [0.4, 0.5) is 0 Å². The molecule has 0 bridgehead atoms. The van der Waals surface area contributed by atoms with Gasteiger partial charge in [0.25, 0.3) is 0 Å². The Kier molecular flexibility index (Phi) is 3.83. The number of rotatable bonds is 4. The molecule has 0 saturated heterocycles. The molecule has 15 heavy (non-hydrogen) atoms. The highest BCUT2D eigenvalue weighted by Gasteiger charge is 2.17. The Morgan fingerprint density at radius 1 is 1.47 bits per heavy atom. The van der Waals surface area contributed by atoms with Gasteiger partial charge in [-0.05, 0) is 18.9 Å². The van der Waals surface area contributed by atoms with Crippen LogP contribution in [-0.4, -0.2) is 17.0 Å². The maximum absolute atomic E-state index is 10.9. The van der Waals surface area contributed by atoms with E-state index in [0.717, 1.165) is 5.56 Å². The van der Waals surface area contributed by atoms with E-state index in [1.807, 2.05) is 19.1 Å². The van der Waals surface area contributed by atoms with E-state index in [2.05, 4.69) is 0 Å². The number of benzene rings is 1. The van der Waals surface area contributed by atoms with Crippen LogP contribution in [0.1, 0.15) is 23.5 Å². The van der Waals surface area contributed by atoms with Crippen molar-refractivity contribution in [1.82, 2.24) is 0 Å². The van der Waals surface area contributed by atoms with E-state index >= 15 is 0 Å². The SMILES string of the molecule is Cc1ccc(C(CC=C=O)C(=O)O)cc1. The lowest BCUT2D eigenvalue weighted by molar-refractivity contribution is -0.138. The van der Waals surface area contributed by atoms with Crippen LogP contribution in [-0.2, 0) is 9.59 Å². The third-order valence-electron chi connectivity index (χ3n) is 2.21. The van der Waals surface area contributed by atoms with Crippen LogP contribution in [0.2, 0.25) is 0 Å². The highest BCUT2D eigenvalue weighted by atomic mass is 16.4. The van der Waals surface area contributed by atoms with Crippen molar-refractivity contribution in [2.45, 2.75) is 19.3 Å². The van der Waals surface area contributed by atoms with Gasteiger partial charge in [0.2, 0.25) is 0 Å². The summed E-state index contributed by atoms with van der Waals surface area (Å²) in [5.41, 5.74) is 1.79. The zero-order chi connectivity index (χ0) is 11.3. The fourth-order valence-electron chi connectivity index (χ4n) is 1.34. The topological polar surface area (TPSA) is 54.4 Å². The molecule has 1 aromatic rings. The van der Waals surface area contributed by atoms with Gasteiger partial charge in [0.1, 0.15) is 5.94 Å². The number of hydrogen-bond donors (Lipinski definition) is 1. The molecule has 78 valence electrons. The summed E-state index contributed by atoms with van der Waals surface area (Å²) in [5.74, 6) is 0.0101. The molecule has 1 unspecified atom stereocenters. The molecule has 0 spiro atoms.